The van der Waals surface area contributed by atoms with Gasteiger partial charge in [-0.25, -0.2) is 0 Å². The van der Waals surface area contributed by atoms with E-state index >= 15 is 0 Å². The van der Waals surface area contributed by atoms with Gasteiger partial charge in [0.05, 0.1) is 0 Å². The van der Waals surface area contributed by atoms with Crippen LogP contribution >= 0.6 is 0 Å². The van der Waals surface area contributed by atoms with Gasteiger partial charge in [-0.05, 0) is 96.3 Å². The third-order valence-corrected chi connectivity index (χ3v) is 12.2. The van der Waals surface area contributed by atoms with Gasteiger partial charge >= 0.3 is 17.9 Å². The van der Waals surface area contributed by atoms with Gasteiger partial charge in [0, 0.05) is 19.3 Å². The third-order valence-electron chi connectivity index (χ3n) is 12.2. The average Bonchev–Trinajstić information content (AvgIpc) is 3.38. The molecule has 0 heterocycles. The van der Waals surface area contributed by atoms with Gasteiger partial charge in [0.15, 0.2) is 6.10 Å². The fourth-order valence-corrected chi connectivity index (χ4v) is 7.87. The first-order chi connectivity index (χ1) is 35.5. The second kappa shape index (κ2) is 59.4. The summed E-state index contributed by atoms with van der Waals surface area (Å²) in [6, 6.07) is 0. The second-order valence-electron chi connectivity index (χ2n) is 19.1. The molecule has 408 valence electrons. The Balaban J connectivity index is 4.11. The lowest BCUT2D eigenvalue weighted by atomic mass is 10.0. The first-order valence-corrected chi connectivity index (χ1v) is 29.5. The molecule has 0 N–H and O–H groups in total. The lowest BCUT2D eigenvalue weighted by molar-refractivity contribution is -0.166. The summed E-state index contributed by atoms with van der Waals surface area (Å²) < 4.78 is 16.7. The summed E-state index contributed by atoms with van der Waals surface area (Å²) in [5.74, 6) is -0.995. The molecule has 0 rings (SSSR count). The summed E-state index contributed by atoms with van der Waals surface area (Å²) in [6.45, 7) is 6.31. The molecule has 72 heavy (non-hydrogen) atoms. The molecular weight excluding hydrogens is 889 g/mol. The molecule has 0 spiro atoms. The van der Waals surface area contributed by atoms with Crippen LogP contribution in [0.3, 0.4) is 0 Å². The van der Waals surface area contributed by atoms with Crippen molar-refractivity contribution in [2.24, 2.45) is 0 Å². The Bertz CT molecular complexity index is 1520. The van der Waals surface area contributed by atoms with Crippen LogP contribution in [0.2, 0.25) is 0 Å². The first-order valence-electron chi connectivity index (χ1n) is 29.5. The van der Waals surface area contributed by atoms with Crippen molar-refractivity contribution in [3.63, 3.8) is 0 Å². The maximum atomic E-state index is 12.7. The van der Waals surface area contributed by atoms with E-state index in [1.54, 1.807) is 0 Å². The van der Waals surface area contributed by atoms with E-state index in [0.717, 1.165) is 103 Å². The van der Waals surface area contributed by atoms with Gasteiger partial charge in [0.25, 0.3) is 0 Å². The maximum Gasteiger partial charge on any atom is 0.306 e. The number of esters is 3. The van der Waals surface area contributed by atoms with Crippen molar-refractivity contribution in [1.82, 2.24) is 0 Å². The lowest BCUT2D eigenvalue weighted by Crippen LogP contribution is -2.30. The lowest BCUT2D eigenvalue weighted by Gasteiger charge is -2.18. The Morgan fingerprint density at radius 2 is 0.569 bits per heavy atom. The zero-order valence-electron chi connectivity index (χ0n) is 46.7. The predicted octanol–water partition coefficient (Wildman–Crippen LogP) is 20.0. The van der Waals surface area contributed by atoms with Crippen LogP contribution in [-0.4, -0.2) is 37.2 Å². The second-order valence-corrected chi connectivity index (χ2v) is 19.1. The van der Waals surface area contributed by atoms with E-state index in [9.17, 15) is 14.4 Å². The quantitative estimate of drug-likeness (QED) is 0.0261. The number of rotatable bonds is 52. The molecule has 0 bridgehead atoms. The molecule has 0 aromatic rings. The highest BCUT2D eigenvalue weighted by Crippen LogP contribution is 2.15. The van der Waals surface area contributed by atoms with Crippen molar-refractivity contribution in [1.29, 1.82) is 0 Å². The zero-order valence-corrected chi connectivity index (χ0v) is 46.7. The molecule has 0 amide bonds. The van der Waals surface area contributed by atoms with E-state index in [4.69, 9.17) is 14.2 Å². The molecule has 0 fully saturated rings. The molecule has 0 aromatic heterocycles. The molecule has 0 aliphatic rings. The summed E-state index contributed by atoms with van der Waals surface area (Å²) in [5, 5.41) is 0. The minimum Gasteiger partial charge on any atom is -0.462 e. The van der Waals surface area contributed by atoms with Crippen molar-refractivity contribution < 1.29 is 28.6 Å². The van der Waals surface area contributed by atoms with E-state index in [2.05, 4.69) is 130 Å². The summed E-state index contributed by atoms with van der Waals surface area (Å²) >= 11 is 0. The fraction of sp³-hybridized carbons (Fsp3) is 0.652. The van der Waals surface area contributed by atoms with Crippen molar-refractivity contribution in [3.05, 3.63) is 122 Å². The monoisotopic (exact) mass is 997 g/mol. The van der Waals surface area contributed by atoms with Crippen LogP contribution in [0, 0.1) is 0 Å². The summed E-state index contributed by atoms with van der Waals surface area (Å²) in [6.07, 6.45) is 82.4. The highest BCUT2D eigenvalue weighted by molar-refractivity contribution is 5.71. The molecule has 0 aliphatic carbocycles. The molecule has 1 atom stereocenters. The van der Waals surface area contributed by atoms with Gasteiger partial charge in [-0.2, -0.15) is 0 Å². The first kappa shape index (κ1) is 67.8. The highest BCUT2D eigenvalue weighted by atomic mass is 16.6. The predicted molar refractivity (Wildman–Crippen MR) is 311 cm³/mol. The molecule has 0 aromatic carbocycles. The van der Waals surface area contributed by atoms with Crippen molar-refractivity contribution in [3.8, 4) is 0 Å². The molecule has 6 heteroatoms. The molecule has 0 saturated carbocycles. The Labute approximate surface area is 443 Å². The van der Waals surface area contributed by atoms with Crippen LogP contribution in [0.1, 0.15) is 258 Å². The van der Waals surface area contributed by atoms with Crippen LogP contribution in [0.25, 0.3) is 0 Å². The van der Waals surface area contributed by atoms with Crippen molar-refractivity contribution >= 4 is 17.9 Å². The molecular formula is C66H108O6. The van der Waals surface area contributed by atoms with E-state index in [1.807, 2.05) is 12.2 Å². The van der Waals surface area contributed by atoms with Gasteiger partial charge in [0.1, 0.15) is 13.2 Å². The number of hydrogen-bond donors (Lipinski definition) is 0. The van der Waals surface area contributed by atoms with Gasteiger partial charge in [-0.1, -0.05) is 264 Å². The van der Waals surface area contributed by atoms with Gasteiger partial charge in [-0.3, -0.25) is 14.4 Å². The summed E-state index contributed by atoms with van der Waals surface area (Å²) in [7, 11) is 0. The van der Waals surface area contributed by atoms with E-state index in [0.29, 0.717) is 19.3 Å². The van der Waals surface area contributed by atoms with Crippen LogP contribution in [0.4, 0.5) is 0 Å². The SMILES string of the molecule is CC/C=C\C/C=C\C/C=C\C/C=C\C/C=C\C/C=C\CCCCCCCCCCCCCCCCC(=O)OCC(COC(=O)CCCCCCCCCC)OC(=O)CC/C=C\C/C=C\C/C=C\C/C=C\CC. The number of carbonyl (C=O) groups is 3. The number of ether oxygens (including phenoxy) is 3. The minimum absolute atomic E-state index is 0.106. The van der Waals surface area contributed by atoms with E-state index in [-0.39, 0.29) is 31.6 Å². The van der Waals surface area contributed by atoms with Gasteiger partial charge < -0.3 is 14.2 Å². The standard InChI is InChI=1S/C66H108O6/c1-4-7-10-13-16-19-21-23-24-25-26-27-28-29-30-31-32-33-34-35-36-37-38-39-40-41-42-44-45-47-50-53-56-59-65(68)71-62-63(61-70-64(67)58-55-52-49-18-15-12-9-6-3)72-66(69)60-57-54-51-48-46-43-22-20-17-14-11-8-5-2/h7-8,10-11,16-17,19-20,23-24,26-27,29-30,32-33,43,46,51,54,63H,4-6,9,12-15,18,21-22,25,28,31,34-42,44-45,47-50,52-53,55-62H2,1-3H3/b10-7-,11-8-,19-16-,20-17-,24-23-,27-26-,30-29-,33-32-,46-43-,54-51-. The van der Waals surface area contributed by atoms with Crippen LogP contribution in [0.5, 0.6) is 0 Å². The molecule has 6 nitrogen and oxygen atoms in total. The van der Waals surface area contributed by atoms with Crippen LogP contribution < -0.4 is 0 Å². The minimum atomic E-state index is -0.814. The number of carbonyl (C=O) groups excluding carboxylic acids is 3. The largest absolute Gasteiger partial charge is 0.462 e. The van der Waals surface area contributed by atoms with E-state index < -0.39 is 12.1 Å². The van der Waals surface area contributed by atoms with Crippen LogP contribution in [0.15, 0.2) is 122 Å². The molecule has 0 aliphatic heterocycles. The Morgan fingerprint density at radius 1 is 0.292 bits per heavy atom. The Kier molecular flexibility index (Phi) is 55.9. The van der Waals surface area contributed by atoms with E-state index in [1.165, 1.54) is 109 Å². The summed E-state index contributed by atoms with van der Waals surface area (Å²) in [4.78, 5) is 37.9. The smallest absolute Gasteiger partial charge is 0.306 e. The molecule has 1 unspecified atom stereocenters. The highest BCUT2D eigenvalue weighted by Gasteiger charge is 2.19. The Morgan fingerprint density at radius 3 is 0.903 bits per heavy atom. The molecule has 0 radical (unpaired) electrons. The fourth-order valence-electron chi connectivity index (χ4n) is 7.87. The number of allylic oxidation sites excluding steroid dienone is 20. The maximum absolute atomic E-state index is 12.7. The average molecular weight is 998 g/mol. The van der Waals surface area contributed by atoms with Crippen molar-refractivity contribution in [2.45, 2.75) is 264 Å². The number of unbranched alkanes of at least 4 members (excludes halogenated alkanes) is 21. The van der Waals surface area contributed by atoms with Gasteiger partial charge in [0.2, 0.25) is 0 Å². The van der Waals surface area contributed by atoms with Crippen molar-refractivity contribution in [2.75, 3.05) is 13.2 Å². The molecule has 0 saturated heterocycles. The topological polar surface area (TPSA) is 78.9 Å². The third kappa shape index (κ3) is 56.7. The number of hydrogen-bond acceptors (Lipinski definition) is 6. The Hall–Kier alpha value is -4.19. The van der Waals surface area contributed by atoms with Gasteiger partial charge in [-0.15, -0.1) is 0 Å². The zero-order chi connectivity index (χ0) is 52.2. The normalized spacial score (nSPS) is 13.0. The summed E-state index contributed by atoms with van der Waals surface area (Å²) in [5.41, 5.74) is 0. The van der Waals surface area contributed by atoms with Crippen LogP contribution in [-0.2, 0) is 28.6 Å².